The van der Waals surface area contributed by atoms with Gasteiger partial charge in [0, 0.05) is 11.1 Å². The van der Waals surface area contributed by atoms with E-state index in [1.54, 1.807) is 0 Å². The van der Waals surface area contributed by atoms with Crippen molar-refractivity contribution in [3.63, 3.8) is 0 Å². The first-order valence-electron chi connectivity index (χ1n) is 4.92. The summed E-state index contributed by atoms with van der Waals surface area (Å²) in [6.45, 7) is 0. The summed E-state index contributed by atoms with van der Waals surface area (Å²) in [6, 6.07) is 8.27. The van der Waals surface area contributed by atoms with Gasteiger partial charge in [0.05, 0.1) is 0 Å². The highest BCUT2D eigenvalue weighted by Crippen LogP contribution is 2.31. The third-order valence-corrected chi connectivity index (χ3v) is 3.18. The smallest absolute Gasteiger partial charge is 0.137 e. The molecule has 0 aliphatic heterocycles. The van der Waals surface area contributed by atoms with E-state index >= 15 is 0 Å². The quantitative estimate of drug-likeness (QED) is 0.599. The van der Waals surface area contributed by atoms with Crippen molar-refractivity contribution in [2.45, 2.75) is 19.3 Å². The molecule has 1 aromatic heterocycles. The van der Waals surface area contributed by atoms with Crippen molar-refractivity contribution in [2.75, 3.05) is 0 Å². The van der Waals surface area contributed by atoms with Gasteiger partial charge in [0.15, 0.2) is 0 Å². The number of hydrogen-bond acceptors (Lipinski definition) is 1. The lowest BCUT2D eigenvalue weighted by Gasteiger charge is -2.05. The van der Waals surface area contributed by atoms with Gasteiger partial charge >= 0.3 is 0 Å². The molecule has 0 N–H and O–H groups in total. The molecular formula is C12H10ClN. The number of fused-ring (bicyclic) bond motifs is 3. The molecule has 70 valence electrons. The third-order valence-electron chi connectivity index (χ3n) is 2.90. The number of hydrogen-bond donors (Lipinski definition) is 0. The average molecular weight is 204 g/mol. The highest BCUT2D eigenvalue weighted by Gasteiger charge is 2.16. The molecule has 0 spiro atoms. The van der Waals surface area contributed by atoms with Crippen molar-refractivity contribution >= 4 is 22.4 Å². The molecular weight excluding hydrogens is 194 g/mol. The Hall–Kier alpha value is -1.08. The van der Waals surface area contributed by atoms with Gasteiger partial charge in [-0.15, -0.1) is 0 Å². The van der Waals surface area contributed by atoms with Crippen LogP contribution in [0.1, 0.15) is 17.7 Å². The minimum atomic E-state index is 0.654. The van der Waals surface area contributed by atoms with E-state index in [1.165, 1.54) is 23.1 Å². The molecule has 1 heterocycles. The summed E-state index contributed by atoms with van der Waals surface area (Å²) in [5, 5.41) is 3.04. The van der Waals surface area contributed by atoms with Crippen LogP contribution in [0.15, 0.2) is 24.3 Å². The molecule has 1 aliphatic carbocycles. The van der Waals surface area contributed by atoms with Crippen LogP contribution >= 0.6 is 11.6 Å². The highest BCUT2D eigenvalue weighted by atomic mass is 35.5. The Balaban J connectivity index is 2.47. The molecule has 0 fully saturated rings. The van der Waals surface area contributed by atoms with Crippen molar-refractivity contribution in [1.82, 2.24) is 4.98 Å². The van der Waals surface area contributed by atoms with E-state index in [1.807, 2.05) is 12.1 Å². The fraction of sp³-hybridized carbons (Fsp3) is 0.250. The van der Waals surface area contributed by atoms with Crippen LogP contribution in [-0.2, 0) is 12.8 Å². The lowest BCUT2D eigenvalue weighted by Crippen LogP contribution is -1.91. The third kappa shape index (κ3) is 1.05. The van der Waals surface area contributed by atoms with Crippen LogP contribution in [0.3, 0.4) is 0 Å². The second-order valence-corrected chi connectivity index (χ2v) is 4.09. The number of pyridine rings is 1. The molecule has 3 rings (SSSR count). The molecule has 0 bridgehead atoms. The van der Waals surface area contributed by atoms with Gasteiger partial charge in [-0.1, -0.05) is 35.9 Å². The first-order valence-corrected chi connectivity index (χ1v) is 5.30. The van der Waals surface area contributed by atoms with Gasteiger partial charge in [0.2, 0.25) is 0 Å². The summed E-state index contributed by atoms with van der Waals surface area (Å²) in [7, 11) is 0. The zero-order valence-corrected chi connectivity index (χ0v) is 8.51. The Labute approximate surface area is 87.7 Å². The van der Waals surface area contributed by atoms with E-state index in [9.17, 15) is 0 Å². The predicted octanol–water partition coefficient (Wildman–Crippen LogP) is 3.38. The van der Waals surface area contributed by atoms with Crippen LogP contribution in [0.2, 0.25) is 5.15 Å². The molecule has 0 atom stereocenters. The molecule has 1 nitrogen and oxygen atoms in total. The molecule has 2 aromatic rings. The molecule has 0 amide bonds. The minimum Gasteiger partial charge on any atom is -0.240 e. The molecule has 0 radical (unpaired) electrons. The van der Waals surface area contributed by atoms with E-state index < -0.39 is 0 Å². The van der Waals surface area contributed by atoms with Crippen LogP contribution in [0.25, 0.3) is 10.8 Å². The topological polar surface area (TPSA) is 12.9 Å². The number of rotatable bonds is 0. The molecule has 0 saturated heterocycles. The Morgan fingerprint density at radius 1 is 1.07 bits per heavy atom. The summed E-state index contributed by atoms with van der Waals surface area (Å²) < 4.78 is 0. The monoisotopic (exact) mass is 203 g/mol. The number of nitrogens with zero attached hydrogens (tertiary/aromatic N) is 1. The van der Waals surface area contributed by atoms with Gasteiger partial charge in [-0.25, -0.2) is 4.98 Å². The second-order valence-electron chi connectivity index (χ2n) is 3.73. The Morgan fingerprint density at radius 3 is 2.71 bits per heavy atom. The van der Waals surface area contributed by atoms with Crippen LogP contribution in [0.5, 0.6) is 0 Å². The van der Waals surface area contributed by atoms with Gasteiger partial charge in [0.25, 0.3) is 0 Å². The second kappa shape index (κ2) is 2.96. The Bertz CT molecular complexity index is 505. The minimum absolute atomic E-state index is 0.654. The van der Waals surface area contributed by atoms with E-state index in [-0.39, 0.29) is 0 Å². The standard InChI is InChI=1S/C12H10ClN/c13-12-10-5-2-1-4-8(10)9-6-3-7-11(9)14-12/h1-2,4-5H,3,6-7H2. The van der Waals surface area contributed by atoms with Gasteiger partial charge < -0.3 is 0 Å². The summed E-state index contributed by atoms with van der Waals surface area (Å²) in [6.07, 6.45) is 3.45. The number of aryl methyl sites for hydroxylation is 2. The maximum absolute atomic E-state index is 6.13. The molecule has 1 aliphatic rings. The number of benzene rings is 1. The summed E-state index contributed by atoms with van der Waals surface area (Å²) in [5.41, 5.74) is 2.61. The van der Waals surface area contributed by atoms with Crippen LogP contribution in [-0.4, -0.2) is 4.98 Å². The maximum atomic E-state index is 6.13. The van der Waals surface area contributed by atoms with E-state index in [0.717, 1.165) is 18.2 Å². The molecule has 2 heteroatoms. The Morgan fingerprint density at radius 2 is 1.86 bits per heavy atom. The van der Waals surface area contributed by atoms with E-state index in [2.05, 4.69) is 17.1 Å². The lowest BCUT2D eigenvalue weighted by atomic mass is 10.1. The van der Waals surface area contributed by atoms with Crippen molar-refractivity contribution in [3.05, 3.63) is 40.7 Å². The zero-order valence-electron chi connectivity index (χ0n) is 7.76. The van der Waals surface area contributed by atoms with E-state index in [4.69, 9.17) is 11.6 Å². The molecule has 0 saturated carbocycles. The molecule has 1 aromatic carbocycles. The largest absolute Gasteiger partial charge is 0.240 e. The fourth-order valence-corrected chi connectivity index (χ4v) is 2.51. The lowest BCUT2D eigenvalue weighted by molar-refractivity contribution is 0.900. The number of halogens is 1. The SMILES string of the molecule is Clc1nc2c(c3ccccc13)CCC2. The highest BCUT2D eigenvalue weighted by molar-refractivity contribution is 6.34. The number of aromatic nitrogens is 1. The Kier molecular flexibility index (Phi) is 1.74. The van der Waals surface area contributed by atoms with Gasteiger partial charge in [-0.05, 0) is 30.2 Å². The molecule has 0 unspecified atom stereocenters. The van der Waals surface area contributed by atoms with E-state index in [0.29, 0.717) is 5.15 Å². The van der Waals surface area contributed by atoms with Gasteiger partial charge in [-0.2, -0.15) is 0 Å². The summed E-state index contributed by atoms with van der Waals surface area (Å²) in [4.78, 5) is 4.45. The summed E-state index contributed by atoms with van der Waals surface area (Å²) in [5.74, 6) is 0. The van der Waals surface area contributed by atoms with Gasteiger partial charge in [0.1, 0.15) is 5.15 Å². The van der Waals surface area contributed by atoms with Gasteiger partial charge in [-0.3, -0.25) is 0 Å². The van der Waals surface area contributed by atoms with Crippen molar-refractivity contribution in [1.29, 1.82) is 0 Å². The summed E-state index contributed by atoms with van der Waals surface area (Å²) >= 11 is 6.13. The van der Waals surface area contributed by atoms with Crippen molar-refractivity contribution in [2.24, 2.45) is 0 Å². The van der Waals surface area contributed by atoms with Crippen LogP contribution in [0, 0.1) is 0 Å². The normalized spacial score (nSPS) is 14.6. The first kappa shape index (κ1) is 8.25. The van der Waals surface area contributed by atoms with Crippen molar-refractivity contribution < 1.29 is 0 Å². The molecule has 14 heavy (non-hydrogen) atoms. The average Bonchev–Trinajstić information content (AvgIpc) is 2.66. The fourth-order valence-electron chi connectivity index (χ4n) is 2.25. The van der Waals surface area contributed by atoms with Crippen molar-refractivity contribution in [3.8, 4) is 0 Å². The first-order chi connectivity index (χ1) is 6.86. The zero-order chi connectivity index (χ0) is 9.54. The maximum Gasteiger partial charge on any atom is 0.137 e. The van der Waals surface area contributed by atoms with Crippen LogP contribution < -0.4 is 0 Å². The predicted molar refractivity (Wildman–Crippen MR) is 58.8 cm³/mol. The van der Waals surface area contributed by atoms with Crippen LogP contribution in [0.4, 0.5) is 0 Å².